The second kappa shape index (κ2) is 5.69. The monoisotopic (exact) mass is 412 g/mol. The van der Waals surface area contributed by atoms with Crippen molar-refractivity contribution in [2.75, 3.05) is 5.32 Å². The van der Waals surface area contributed by atoms with Crippen molar-refractivity contribution in [3.8, 4) is 5.75 Å². The van der Waals surface area contributed by atoms with Crippen LogP contribution in [0.1, 0.15) is 45.4 Å². The molecule has 4 rings (SSSR count). The topological polar surface area (TPSA) is 61.4 Å². The highest BCUT2D eigenvalue weighted by molar-refractivity contribution is 9.10. The Labute approximate surface area is 151 Å². The Balaban J connectivity index is 1.76. The normalized spacial score (nSPS) is 19.6. The maximum Gasteiger partial charge on any atom is 0.256 e. The van der Waals surface area contributed by atoms with Crippen LogP contribution >= 0.6 is 38.9 Å². The van der Waals surface area contributed by atoms with E-state index in [-0.39, 0.29) is 11.7 Å². The van der Waals surface area contributed by atoms with Gasteiger partial charge in [0.2, 0.25) is 0 Å². The van der Waals surface area contributed by atoms with Crippen LogP contribution in [0.25, 0.3) is 0 Å². The molecule has 0 unspecified atom stereocenters. The van der Waals surface area contributed by atoms with E-state index in [9.17, 15) is 9.90 Å². The average Bonchev–Trinajstić information content (AvgIpc) is 2.89. The molecule has 7 heteroatoms. The Morgan fingerprint density at radius 1 is 1.26 bits per heavy atom. The minimum absolute atomic E-state index is 0.0805. The summed E-state index contributed by atoms with van der Waals surface area (Å²) in [7, 11) is 0. The number of nitrogens with one attached hydrogen (secondary N) is 2. The number of thiophene rings is 1. The number of carbonyl (C=O) groups excluding carboxylic acids is 1. The average molecular weight is 414 g/mol. The van der Waals surface area contributed by atoms with Crippen molar-refractivity contribution in [1.29, 1.82) is 0 Å². The van der Waals surface area contributed by atoms with E-state index < -0.39 is 6.17 Å². The molecule has 0 spiro atoms. The molecule has 4 nitrogen and oxygen atoms in total. The number of phenols is 1. The maximum atomic E-state index is 12.6. The molecule has 0 radical (unpaired) electrons. The van der Waals surface area contributed by atoms with Crippen molar-refractivity contribution in [3.63, 3.8) is 0 Å². The molecule has 120 valence electrons. The van der Waals surface area contributed by atoms with E-state index in [2.05, 4.69) is 26.6 Å². The number of hydrogen-bond donors (Lipinski definition) is 3. The first-order chi connectivity index (χ1) is 11.0. The summed E-state index contributed by atoms with van der Waals surface area (Å²) < 4.78 is 0.507. The first kappa shape index (κ1) is 15.3. The number of anilines is 1. The standard InChI is InChI=1S/C16H14BrClN2O2S/c17-10-6-7(18)5-9(13(10)21)14-19-15(22)12-8-3-1-2-4-11(8)23-16(12)20-14/h5-6,14,20-21H,1-4H2,(H,19,22)/t14-/m0/s1. The highest BCUT2D eigenvalue weighted by Crippen LogP contribution is 2.43. The van der Waals surface area contributed by atoms with Crippen LogP contribution in [-0.4, -0.2) is 11.0 Å². The molecule has 0 saturated carbocycles. The van der Waals surface area contributed by atoms with E-state index in [1.165, 1.54) is 16.9 Å². The van der Waals surface area contributed by atoms with E-state index in [0.29, 0.717) is 15.1 Å². The minimum Gasteiger partial charge on any atom is -0.506 e. The number of hydrogen-bond acceptors (Lipinski definition) is 4. The van der Waals surface area contributed by atoms with Crippen LogP contribution in [0.5, 0.6) is 5.75 Å². The van der Waals surface area contributed by atoms with Crippen LogP contribution in [0.4, 0.5) is 5.00 Å². The number of rotatable bonds is 1. The fourth-order valence-electron chi connectivity index (χ4n) is 3.24. The molecule has 2 aromatic rings. The van der Waals surface area contributed by atoms with Crippen LogP contribution in [-0.2, 0) is 12.8 Å². The van der Waals surface area contributed by atoms with Gasteiger partial charge in [0.1, 0.15) is 16.9 Å². The van der Waals surface area contributed by atoms with Crippen LogP contribution in [0.15, 0.2) is 16.6 Å². The molecular formula is C16H14BrClN2O2S. The van der Waals surface area contributed by atoms with E-state index >= 15 is 0 Å². The molecule has 23 heavy (non-hydrogen) atoms. The summed E-state index contributed by atoms with van der Waals surface area (Å²) in [6, 6.07) is 3.29. The van der Waals surface area contributed by atoms with Crippen molar-refractivity contribution in [1.82, 2.24) is 5.32 Å². The lowest BCUT2D eigenvalue weighted by Crippen LogP contribution is -2.38. The number of amides is 1. The third-order valence-electron chi connectivity index (χ3n) is 4.32. The summed E-state index contributed by atoms with van der Waals surface area (Å²) in [4.78, 5) is 13.9. The van der Waals surface area contributed by atoms with Gasteiger partial charge in [0.25, 0.3) is 5.91 Å². The van der Waals surface area contributed by atoms with Gasteiger partial charge in [0.05, 0.1) is 10.0 Å². The first-order valence-electron chi connectivity index (χ1n) is 7.44. The van der Waals surface area contributed by atoms with Crippen LogP contribution in [0.2, 0.25) is 5.02 Å². The number of phenolic OH excluding ortho intramolecular Hbond substituents is 1. The van der Waals surface area contributed by atoms with E-state index in [1.807, 2.05) is 0 Å². The molecule has 0 bridgehead atoms. The van der Waals surface area contributed by atoms with E-state index in [0.717, 1.165) is 29.8 Å². The van der Waals surface area contributed by atoms with Crippen molar-refractivity contribution in [3.05, 3.63) is 43.2 Å². The van der Waals surface area contributed by atoms with Gasteiger partial charge < -0.3 is 15.7 Å². The molecule has 1 atom stereocenters. The zero-order valence-electron chi connectivity index (χ0n) is 12.1. The fourth-order valence-corrected chi connectivity index (χ4v) is 5.39. The number of halogens is 2. The van der Waals surface area contributed by atoms with Crippen LogP contribution < -0.4 is 10.6 Å². The van der Waals surface area contributed by atoms with Crippen molar-refractivity contribution in [2.24, 2.45) is 0 Å². The Kier molecular flexibility index (Phi) is 3.78. The Hall–Kier alpha value is -1.24. The molecule has 2 heterocycles. The van der Waals surface area contributed by atoms with E-state index in [4.69, 9.17) is 11.6 Å². The lowest BCUT2D eigenvalue weighted by molar-refractivity contribution is 0.0935. The molecule has 1 aromatic heterocycles. The second-order valence-corrected chi connectivity index (χ2v) is 8.19. The number of aryl methyl sites for hydroxylation is 1. The van der Waals surface area contributed by atoms with Gasteiger partial charge in [0, 0.05) is 15.5 Å². The predicted octanol–water partition coefficient (Wildman–Crippen LogP) is 4.60. The molecule has 1 aliphatic heterocycles. The van der Waals surface area contributed by atoms with E-state index in [1.54, 1.807) is 23.5 Å². The van der Waals surface area contributed by atoms with Gasteiger partial charge in [-0.1, -0.05) is 11.6 Å². The zero-order valence-corrected chi connectivity index (χ0v) is 15.2. The highest BCUT2D eigenvalue weighted by atomic mass is 79.9. The summed E-state index contributed by atoms with van der Waals surface area (Å²) in [5.74, 6) is -0.00406. The summed E-state index contributed by atoms with van der Waals surface area (Å²) in [6.07, 6.45) is 3.83. The first-order valence-corrected chi connectivity index (χ1v) is 9.43. The lowest BCUT2D eigenvalue weighted by Gasteiger charge is -2.27. The van der Waals surface area contributed by atoms with Crippen LogP contribution in [0, 0.1) is 0 Å². The lowest BCUT2D eigenvalue weighted by atomic mass is 9.94. The van der Waals surface area contributed by atoms with Gasteiger partial charge in [-0.25, -0.2) is 0 Å². The number of fused-ring (bicyclic) bond motifs is 3. The number of benzene rings is 1. The molecule has 1 aromatic carbocycles. The SMILES string of the molecule is O=C1N[C@H](c2cc(Cl)cc(Br)c2O)Nc2sc3c(c21)CCCC3. The zero-order chi connectivity index (χ0) is 16.1. The van der Waals surface area contributed by atoms with Gasteiger partial charge in [-0.2, -0.15) is 0 Å². The quantitative estimate of drug-likeness (QED) is 0.640. The molecule has 0 fully saturated rings. The highest BCUT2D eigenvalue weighted by Gasteiger charge is 2.33. The van der Waals surface area contributed by atoms with Gasteiger partial charge in [-0.3, -0.25) is 4.79 Å². The van der Waals surface area contributed by atoms with Crippen molar-refractivity contribution in [2.45, 2.75) is 31.8 Å². The van der Waals surface area contributed by atoms with Crippen LogP contribution in [0.3, 0.4) is 0 Å². The molecular weight excluding hydrogens is 400 g/mol. The summed E-state index contributed by atoms with van der Waals surface area (Å²) >= 11 is 11.0. The molecule has 3 N–H and O–H groups in total. The third-order valence-corrected chi connectivity index (χ3v) is 6.36. The molecule has 1 aliphatic carbocycles. The second-order valence-electron chi connectivity index (χ2n) is 5.79. The third kappa shape index (κ3) is 2.53. The maximum absolute atomic E-state index is 12.6. The van der Waals surface area contributed by atoms with Gasteiger partial charge >= 0.3 is 0 Å². The Morgan fingerprint density at radius 3 is 2.87 bits per heavy atom. The number of carbonyl (C=O) groups is 1. The van der Waals surface area contributed by atoms with Gasteiger partial charge in [0.15, 0.2) is 0 Å². The summed E-state index contributed by atoms with van der Waals surface area (Å²) in [5, 5.41) is 17.9. The fraction of sp³-hybridized carbons (Fsp3) is 0.312. The van der Waals surface area contributed by atoms with Crippen molar-refractivity contribution >= 4 is 49.8 Å². The molecule has 2 aliphatic rings. The largest absolute Gasteiger partial charge is 0.506 e. The molecule has 0 saturated heterocycles. The minimum atomic E-state index is -0.495. The summed E-state index contributed by atoms with van der Waals surface area (Å²) in [5.41, 5.74) is 2.52. The number of aromatic hydroxyl groups is 1. The predicted molar refractivity (Wildman–Crippen MR) is 95.6 cm³/mol. The smallest absolute Gasteiger partial charge is 0.256 e. The Morgan fingerprint density at radius 2 is 2.04 bits per heavy atom. The van der Waals surface area contributed by atoms with Gasteiger partial charge in [-0.15, -0.1) is 11.3 Å². The van der Waals surface area contributed by atoms with Gasteiger partial charge in [-0.05, 0) is 59.3 Å². The Bertz CT molecular complexity index is 821. The summed E-state index contributed by atoms with van der Waals surface area (Å²) in [6.45, 7) is 0. The molecule has 1 amide bonds. The van der Waals surface area contributed by atoms with Crippen molar-refractivity contribution < 1.29 is 9.90 Å².